The molecule has 3 N–H and O–H groups in total. The monoisotopic (exact) mass is 295 g/mol. The van der Waals surface area contributed by atoms with Gasteiger partial charge >= 0.3 is 5.97 Å². The van der Waals surface area contributed by atoms with Crippen LogP contribution >= 0.6 is 0 Å². The van der Waals surface area contributed by atoms with Gasteiger partial charge in [0.1, 0.15) is 5.56 Å². The van der Waals surface area contributed by atoms with E-state index in [-0.39, 0.29) is 12.2 Å². The molecule has 0 fully saturated rings. The van der Waals surface area contributed by atoms with Gasteiger partial charge < -0.3 is 15.5 Å². The number of anilines is 1. The van der Waals surface area contributed by atoms with Crippen LogP contribution in [-0.2, 0) is 12.8 Å². The maximum atomic E-state index is 11.5. The van der Waals surface area contributed by atoms with Crippen molar-refractivity contribution in [2.75, 3.05) is 18.5 Å². The lowest BCUT2D eigenvalue weighted by Gasteiger charge is -2.13. The summed E-state index contributed by atoms with van der Waals surface area (Å²) in [7, 11) is 0. The Balaban J connectivity index is 2.75. The summed E-state index contributed by atoms with van der Waals surface area (Å²) in [6.07, 6.45) is 5.01. The molecular weight excluding hydrogens is 270 g/mol. The first kappa shape index (κ1) is 17.4. The Bertz CT molecular complexity index is 464. The summed E-state index contributed by atoms with van der Waals surface area (Å²) >= 11 is 0. The van der Waals surface area contributed by atoms with Gasteiger partial charge in [0.05, 0.1) is 5.69 Å². The van der Waals surface area contributed by atoms with Crippen LogP contribution in [0.5, 0.6) is 0 Å². The number of aliphatic hydroxyl groups excluding tert-OH is 1. The number of nitrogens with one attached hydrogen (secondary N) is 1. The molecular formula is C15H25N3O3. The van der Waals surface area contributed by atoms with Gasteiger partial charge in [-0.3, -0.25) is 0 Å². The van der Waals surface area contributed by atoms with Crippen LogP contribution in [0.3, 0.4) is 0 Å². The average molecular weight is 295 g/mol. The van der Waals surface area contributed by atoms with Crippen LogP contribution in [0.25, 0.3) is 0 Å². The molecule has 1 heterocycles. The number of rotatable bonds is 10. The number of hydrogen-bond acceptors (Lipinski definition) is 5. The van der Waals surface area contributed by atoms with Gasteiger partial charge in [-0.05, 0) is 31.2 Å². The van der Waals surface area contributed by atoms with Crippen LogP contribution in [-0.4, -0.2) is 39.5 Å². The van der Waals surface area contributed by atoms with Crippen LogP contribution in [0, 0.1) is 0 Å². The Morgan fingerprint density at radius 2 is 1.81 bits per heavy atom. The van der Waals surface area contributed by atoms with E-state index in [4.69, 9.17) is 5.11 Å². The lowest BCUT2D eigenvalue weighted by atomic mass is 10.0. The van der Waals surface area contributed by atoms with Gasteiger partial charge in [-0.2, -0.15) is 5.10 Å². The molecule has 0 saturated carbocycles. The van der Waals surface area contributed by atoms with Gasteiger partial charge in [-0.15, -0.1) is 5.10 Å². The van der Waals surface area contributed by atoms with Crippen molar-refractivity contribution in [3.8, 4) is 0 Å². The first-order chi connectivity index (χ1) is 10.2. The molecule has 0 aliphatic carbocycles. The minimum Gasteiger partial charge on any atom is -0.478 e. The number of unbranched alkanes of at least 4 members (excludes halogenated alkanes) is 3. The van der Waals surface area contributed by atoms with Crippen molar-refractivity contribution in [2.24, 2.45) is 0 Å². The minimum atomic E-state index is -0.959. The molecule has 0 aromatic carbocycles. The normalized spacial score (nSPS) is 10.6. The van der Waals surface area contributed by atoms with Crippen molar-refractivity contribution in [1.29, 1.82) is 0 Å². The molecule has 1 rings (SSSR count). The molecule has 0 saturated heterocycles. The van der Waals surface area contributed by atoms with Crippen LogP contribution in [0.4, 0.5) is 5.82 Å². The number of aryl methyl sites for hydroxylation is 1. The summed E-state index contributed by atoms with van der Waals surface area (Å²) in [5, 5.41) is 29.4. The molecule has 1 aromatic heterocycles. The zero-order chi connectivity index (χ0) is 15.7. The summed E-state index contributed by atoms with van der Waals surface area (Å²) in [5.41, 5.74) is 1.77. The van der Waals surface area contributed by atoms with Crippen molar-refractivity contribution in [3.63, 3.8) is 0 Å². The van der Waals surface area contributed by atoms with Crippen molar-refractivity contribution in [2.45, 2.75) is 52.4 Å². The standard InChI is InChI=1S/C15H25N3O3/c1-3-11-12(4-2)17-18-14(13(11)15(20)21)16-9-7-5-6-8-10-19/h19H,3-10H2,1-2H3,(H,16,18)(H,20,21). The predicted octanol–water partition coefficient (Wildman–Crippen LogP) is 2.26. The highest BCUT2D eigenvalue weighted by Gasteiger charge is 2.19. The third-order valence-electron chi connectivity index (χ3n) is 3.44. The molecule has 0 amide bonds. The molecule has 0 unspecified atom stereocenters. The Morgan fingerprint density at radius 3 is 2.38 bits per heavy atom. The second kappa shape index (κ2) is 9.28. The third-order valence-corrected chi connectivity index (χ3v) is 3.44. The van der Waals surface area contributed by atoms with E-state index in [2.05, 4.69) is 15.5 Å². The highest BCUT2D eigenvalue weighted by molar-refractivity contribution is 5.95. The van der Waals surface area contributed by atoms with E-state index in [0.717, 1.165) is 36.9 Å². The molecule has 0 aliphatic rings. The Labute approximate surface area is 125 Å². The average Bonchev–Trinajstić information content (AvgIpc) is 2.49. The van der Waals surface area contributed by atoms with Gasteiger partial charge in [-0.1, -0.05) is 26.7 Å². The zero-order valence-electron chi connectivity index (χ0n) is 12.9. The van der Waals surface area contributed by atoms with Gasteiger partial charge in [0.15, 0.2) is 5.82 Å². The molecule has 0 spiro atoms. The molecule has 6 heteroatoms. The summed E-state index contributed by atoms with van der Waals surface area (Å²) in [6, 6.07) is 0. The summed E-state index contributed by atoms with van der Waals surface area (Å²) in [6.45, 7) is 4.76. The molecule has 0 aliphatic heterocycles. The van der Waals surface area contributed by atoms with Crippen LogP contribution in [0.1, 0.15) is 61.1 Å². The second-order valence-electron chi connectivity index (χ2n) is 4.93. The highest BCUT2D eigenvalue weighted by Crippen LogP contribution is 2.21. The van der Waals surface area contributed by atoms with Gasteiger partial charge in [0.25, 0.3) is 0 Å². The molecule has 6 nitrogen and oxygen atoms in total. The number of carboxylic acids is 1. The highest BCUT2D eigenvalue weighted by atomic mass is 16.4. The molecule has 21 heavy (non-hydrogen) atoms. The summed E-state index contributed by atoms with van der Waals surface area (Å²) in [4.78, 5) is 11.5. The van der Waals surface area contributed by atoms with Gasteiger partial charge in [-0.25, -0.2) is 4.79 Å². The van der Waals surface area contributed by atoms with Crippen molar-refractivity contribution < 1.29 is 15.0 Å². The van der Waals surface area contributed by atoms with E-state index in [1.165, 1.54) is 0 Å². The maximum absolute atomic E-state index is 11.5. The number of aromatic nitrogens is 2. The van der Waals surface area contributed by atoms with E-state index in [1.54, 1.807) is 0 Å². The Kier molecular flexibility index (Phi) is 7.68. The topological polar surface area (TPSA) is 95.3 Å². The van der Waals surface area contributed by atoms with Crippen molar-refractivity contribution in [3.05, 3.63) is 16.8 Å². The molecule has 0 bridgehead atoms. The second-order valence-corrected chi connectivity index (χ2v) is 4.93. The van der Waals surface area contributed by atoms with E-state index < -0.39 is 5.97 Å². The Morgan fingerprint density at radius 1 is 1.10 bits per heavy atom. The van der Waals surface area contributed by atoms with E-state index in [9.17, 15) is 9.90 Å². The van der Waals surface area contributed by atoms with E-state index in [1.807, 2.05) is 13.8 Å². The van der Waals surface area contributed by atoms with Gasteiger partial charge in [0.2, 0.25) is 0 Å². The molecule has 118 valence electrons. The summed E-state index contributed by atoms with van der Waals surface area (Å²) in [5.74, 6) is -0.599. The number of aliphatic hydroxyl groups is 1. The lowest BCUT2D eigenvalue weighted by molar-refractivity contribution is 0.0696. The van der Waals surface area contributed by atoms with Crippen molar-refractivity contribution >= 4 is 11.8 Å². The fraction of sp³-hybridized carbons (Fsp3) is 0.667. The first-order valence-corrected chi connectivity index (χ1v) is 7.62. The predicted molar refractivity (Wildman–Crippen MR) is 81.8 cm³/mol. The summed E-state index contributed by atoms with van der Waals surface area (Å²) < 4.78 is 0. The third kappa shape index (κ3) is 4.97. The largest absolute Gasteiger partial charge is 0.478 e. The van der Waals surface area contributed by atoms with Gasteiger partial charge in [0, 0.05) is 13.2 Å². The quantitative estimate of drug-likeness (QED) is 0.573. The maximum Gasteiger partial charge on any atom is 0.339 e. The minimum absolute atomic E-state index is 0.223. The first-order valence-electron chi connectivity index (χ1n) is 7.62. The number of nitrogens with zero attached hydrogens (tertiary/aromatic N) is 2. The fourth-order valence-corrected chi connectivity index (χ4v) is 2.32. The van der Waals surface area contributed by atoms with E-state index >= 15 is 0 Å². The Hall–Kier alpha value is -1.69. The fourth-order valence-electron chi connectivity index (χ4n) is 2.32. The molecule has 0 radical (unpaired) electrons. The SMILES string of the molecule is CCc1nnc(NCCCCCCO)c(C(=O)O)c1CC. The number of carbonyl (C=O) groups is 1. The van der Waals surface area contributed by atoms with Crippen LogP contribution < -0.4 is 5.32 Å². The number of aromatic carboxylic acids is 1. The molecule has 0 atom stereocenters. The molecule has 1 aromatic rings. The number of hydrogen-bond donors (Lipinski definition) is 3. The van der Waals surface area contributed by atoms with Crippen LogP contribution in [0.2, 0.25) is 0 Å². The number of carboxylic acid groups (broad SMARTS) is 1. The van der Waals surface area contributed by atoms with Crippen molar-refractivity contribution in [1.82, 2.24) is 10.2 Å². The zero-order valence-corrected chi connectivity index (χ0v) is 12.9. The lowest BCUT2D eigenvalue weighted by Crippen LogP contribution is -2.15. The van der Waals surface area contributed by atoms with Crippen LogP contribution in [0.15, 0.2) is 0 Å². The van der Waals surface area contributed by atoms with E-state index in [0.29, 0.717) is 25.2 Å². The smallest absolute Gasteiger partial charge is 0.339 e.